The van der Waals surface area contributed by atoms with Gasteiger partial charge in [-0.15, -0.1) is 0 Å². The second-order valence-corrected chi connectivity index (χ2v) is 4.47. The quantitative estimate of drug-likeness (QED) is 0.497. The molecular formula is C9H13ClN4O3. The van der Waals surface area contributed by atoms with Crippen molar-refractivity contribution in [2.24, 2.45) is 0 Å². The summed E-state index contributed by atoms with van der Waals surface area (Å²) in [5.74, 6) is 0.0778. The van der Waals surface area contributed by atoms with E-state index >= 15 is 0 Å². The first-order valence-corrected chi connectivity index (χ1v) is 5.19. The van der Waals surface area contributed by atoms with Crippen LogP contribution in [-0.4, -0.2) is 39.2 Å². The molecule has 0 radical (unpaired) electrons. The van der Waals surface area contributed by atoms with Gasteiger partial charge in [-0.25, -0.2) is 4.98 Å². The van der Waals surface area contributed by atoms with E-state index in [0.717, 1.165) is 6.20 Å². The fourth-order valence-electron chi connectivity index (χ4n) is 1.11. The lowest BCUT2D eigenvalue weighted by Gasteiger charge is -2.34. The van der Waals surface area contributed by atoms with Gasteiger partial charge in [0.1, 0.15) is 6.20 Å². The van der Waals surface area contributed by atoms with Gasteiger partial charge in [0.15, 0.2) is 0 Å². The average molecular weight is 261 g/mol. The van der Waals surface area contributed by atoms with Gasteiger partial charge >= 0.3 is 5.69 Å². The highest BCUT2D eigenvalue weighted by molar-refractivity contribution is 6.28. The fourth-order valence-corrected chi connectivity index (χ4v) is 1.24. The van der Waals surface area contributed by atoms with E-state index in [1.165, 1.54) is 4.90 Å². The van der Waals surface area contributed by atoms with Crippen molar-refractivity contribution in [1.29, 1.82) is 0 Å². The lowest BCUT2D eigenvalue weighted by molar-refractivity contribution is -0.384. The molecule has 0 unspecified atom stereocenters. The van der Waals surface area contributed by atoms with Crippen LogP contribution in [0.15, 0.2) is 6.20 Å². The Labute approximate surface area is 103 Å². The molecule has 1 rings (SSSR count). The lowest BCUT2D eigenvalue weighted by Crippen LogP contribution is -2.45. The third kappa shape index (κ3) is 2.80. The van der Waals surface area contributed by atoms with E-state index in [2.05, 4.69) is 9.97 Å². The summed E-state index contributed by atoms with van der Waals surface area (Å²) in [7, 11) is 1.60. The molecule has 17 heavy (non-hydrogen) atoms. The van der Waals surface area contributed by atoms with Crippen LogP contribution in [0.3, 0.4) is 0 Å². The minimum atomic E-state index is -0.692. The van der Waals surface area contributed by atoms with Crippen molar-refractivity contribution in [3.8, 4) is 0 Å². The third-order valence-electron chi connectivity index (χ3n) is 2.53. The molecule has 94 valence electrons. The average Bonchev–Trinajstić information content (AvgIpc) is 2.27. The molecule has 0 aromatic carbocycles. The highest BCUT2D eigenvalue weighted by Gasteiger charge is 2.30. The zero-order valence-corrected chi connectivity index (χ0v) is 10.5. The van der Waals surface area contributed by atoms with Crippen molar-refractivity contribution in [3.05, 3.63) is 21.6 Å². The minimum Gasteiger partial charge on any atom is -0.394 e. The van der Waals surface area contributed by atoms with E-state index in [1.54, 1.807) is 20.9 Å². The van der Waals surface area contributed by atoms with Gasteiger partial charge in [-0.3, -0.25) is 10.1 Å². The van der Waals surface area contributed by atoms with Gasteiger partial charge in [0.2, 0.25) is 11.1 Å². The zero-order valence-electron chi connectivity index (χ0n) is 9.71. The van der Waals surface area contributed by atoms with Gasteiger partial charge < -0.3 is 10.0 Å². The van der Waals surface area contributed by atoms with Crippen LogP contribution in [0.25, 0.3) is 0 Å². The predicted molar refractivity (Wildman–Crippen MR) is 63.3 cm³/mol. The van der Waals surface area contributed by atoms with Crippen LogP contribution >= 0.6 is 11.6 Å². The molecule has 0 aliphatic carbocycles. The van der Waals surface area contributed by atoms with Gasteiger partial charge in [0, 0.05) is 7.05 Å². The first-order valence-electron chi connectivity index (χ1n) is 4.81. The third-order valence-corrected chi connectivity index (χ3v) is 2.71. The Hall–Kier alpha value is -1.47. The Balaban J connectivity index is 3.29. The van der Waals surface area contributed by atoms with E-state index in [4.69, 9.17) is 11.6 Å². The number of aliphatic hydroxyl groups is 1. The van der Waals surface area contributed by atoms with Crippen molar-refractivity contribution in [3.63, 3.8) is 0 Å². The molecule has 0 amide bonds. The van der Waals surface area contributed by atoms with Crippen molar-refractivity contribution in [1.82, 2.24) is 9.97 Å². The maximum absolute atomic E-state index is 10.8. The van der Waals surface area contributed by atoms with Gasteiger partial charge in [-0.2, -0.15) is 4.98 Å². The molecule has 0 spiro atoms. The largest absolute Gasteiger partial charge is 0.394 e. The molecule has 1 aromatic heterocycles. The molecule has 0 saturated carbocycles. The Morgan fingerprint density at radius 2 is 2.24 bits per heavy atom. The van der Waals surface area contributed by atoms with Crippen molar-refractivity contribution in [2.45, 2.75) is 19.4 Å². The number of likely N-dealkylation sites (N-methyl/N-ethyl adjacent to an activating group) is 1. The molecule has 0 aliphatic heterocycles. The number of aliphatic hydroxyl groups excluding tert-OH is 1. The predicted octanol–water partition coefficient (Wildman–Crippen LogP) is 1.25. The summed E-state index contributed by atoms with van der Waals surface area (Å²) >= 11 is 5.62. The molecule has 0 fully saturated rings. The fraction of sp³-hybridized carbons (Fsp3) is 0.556. The topological polar surface area (TPSA) is 92.4 Å². The van der Waals surface area contributed by atoms with Crippen LogP contribution in [-0.2, 0) is 0 Å². The summed E-state index contributed by atoms with van der Waals surface area (Å²) in [6, 6.07) is 0. The number of nitro groups is 1. The molecule has 1 heterocycles. The second-order valence-electron chi connectivity index (χ2n) is 4.13. The monoisotopic (exact) mass is 260 g/mol. The number of nitrogens with zero attached hydrogens (tertiary/aromatic N) is 4. The van der Waals surface area contributed by atoms with Gasteiger partial charge in [0.05, 0.1) is 17.1 Å². The smallest absolute Gasteiger partial charge is 0.329 e. The molecule has 8 heteroatoms. The van der Waals surface area contributed by atoms with E-state index in [9.17, 15) is 15.2 Å². The molecule has 0 aliphatic rings. The molecule has 1 aromatic rings. The Morgan fingerprint density at radius 3 is 2.71 bits per heavy atom. The highest BCUT2D eigenvalue weighted by Crippen LogP contribution is 2.29. The molecule has 0 bridgehead atoms. The van der Waals surface area contributed by atoms with Gasteiger partial charge in [-0.05, 0) is 25.4 Å². The van der Waals surface area contributed by atoms with Gasteiger partial charge in [-0.1, -0.05) is 0 Å². The normalized spacial score (nSPS) is 11.4. The van der Waals surface area contributed by atoms with Crippen molar-refractivity contribution < 1.29 is 10.0 Å². The molecule has 7 nitrogen and oxygen atoms in total. The number of hydrogen-bond acceptors (Lipinski definition) is 6. The summed E-state index contributed by atoms with van der Waals surface area (Å²) in [5.41, 5.74) is -0.943. The van der Waals surface area contributed by atoms with Crippen LogP contribution in [0.1, 0.15) is 13.8 Å². The molecular weight excluding hydrogens is 248 g/mol. The Bertz CT molecular complexity index is 438. The zero-order chi connectivity index (χ0) is 13.2. The van der Waals surface area contributed by atoms with Crippen molar-refractivity contribution >= 4 is 23.1 Å². The van der Waals surface area contributed by atoms with Crippen LogP contribution in [0.2, 0.25) is 5.28 Å². The minimum absolute atomic E-state index is 0.0776. The van der Waals surface area contributed by atoms with E-state index in [-0.39, 0.29) is 23.4 Å². The number of anilines is 1. The number of rotatable bonds is 4. The maximum atomic E-state index is 10.8. The van der Waals surface area contributed by atoms with Crippen LogP contribution in [0.5, 0.6) is 0 Å². The summed E-state index contributed by atoms with van der Waals surface area (Å²) in [6.07, 6.45) is 1.05. The second kappa shape index (κ2) is 4.80. The van der Waals surface area contributed by atoms with Crippen LogP contribution in [0, 0.1) is 10.1 Å². The first-order chi connectivity index (χ1) is 7.79. The summed E-state index contributed by atoms with van der Waals surface area (Å²) < 4.78 is 0. The number of hydrogen-bond donors (Lipinski definition) is 1. The molecule has 1 N–H and O–H groups in total. The van der Waals surface area contributed by atoms with Gasteiger partial charge in [0.25, 0.3) is 0 Å². The number of halogens is 1. The number of aromatic nitrogens is 2. The Kier molecular flexibility index (Phi) is 3.84. The van der Waals surface area contributed by atoms with Crippen LogP contribution in [0.4, 0.5) is 11.5 Å². The first kappa shape index (κ1) is 13.6. The van der Waals surface area contributed by atoms with E-state index < -0.39 is 10.5 Å². The van der Waals surface area contributed by atoms with Crippen molar-refractivity contribution in [2.75, 3.05) is 18.6 Å². The van der Waals surface area contributed by atoms with E-state index in [0.29, 0.717) is 0 Å². The molecule has 0 saturated heterocycles. The summed E-state index contributed by atoms with van der Waals surface area (Å²) in [6.45, 7) is 3.28. The maximum Gasteiger partial charge on any atom is 0.329 e. The van der Waals surface area contributed by atoms with Crippen LogP contribution < -0.4 is 4.90 Å². The SMILES string of the molecule is CN(c1nc(Cl)ncc1[N+](=O)[O-])C(C)(C)CO. The summed E-state index contributed by atoms with van der Waals surface area (Å²) in [4.78, 5) is 19.2. The summed E-state index contributed by atoms with van der Waals surface area (Å²) in [5, 5.41) is 20.0. The Morgan fingerprint density at radius 1 is 1.65 bits per heavy atom. The molecule has 0 atom stereocenters. The lowest BCUT2D eigenvalue weighted by atomic mass is 10.1. The van der Waals surface area contributed by atoms with E-state index in [1.807, 2.05) is 0 Å². The highest BCUT2D eigenvalue weighted by atomic mass is 35.5. The standard InChI is InChI=1S/C9H13ClN4O3/c1-9(2,5-15)13(3)7-6(14(16)17)4-11-8(10)12-7/h4,15H,5H2,1-3H3.